The highest BCUT2D eigenvalue weighted by Gasteiger charge is 2.61. The quantitative estimate of drug-likeness (QED) is 0.621. The first-order valence-corrected chi connectivity index (χ1v) is 11.6. The molecule has 4 fully saturated rings. The summed E-state index contributed by atoms with van der Waals surface area (Å²) in [6.45, 7) is 7.03. The predicted octanol–water partition coefficient (Wildman–Crippen LogP) is 5.36. The van der Waals surface area contributed by atoms with E-state index in [-0.39, 0.29) is 11.3 Å². The Morgan fingerprint density at radius 2 is 1.68 bits per heavy atom. The number of halogens is 1. The molecule has 0 saturated heterocycles. The Morgan fingerprint density at radius 3 is 2.40 bits per heavy atom. The van der Waals surface area contributed by atoms with Gasteiger partial charge in [-0.3, -0.25) is 4.79 Å². The van der Waals surface area contributed by atoms with Crippen LogP contribution >= 0.6 is 15.9 Å². The van der Waals surface area contributed by atoms with Crippen molar-refractivity contribution in [1.82, 2.24) is 0 Å². The number of fused-ring (bicyclic) bond motifs is 5. The van der Waals surface area contributed by atoms with Gasteiger partial charge in [0.15, 0.2) is 0 Å². The Bertz CT molecular complexity index is 558. The normalized spacial score (nSPS) is 55.2. The fourth-order valence-electron chi connectivity index (χ4n) is 8.05. The average molecular weight is 411 g/mol. The van der Waals surface area contributed by atoms with E-state index in [1.165, 1.54) is 38.5 Å². The fraction of sp³-hybridized carbons (Fsp3) is 0.955. The van der Waals surface area contributed by atoms with Crippen LogP contribution in [-0.4, -0.2) is 21.8 Å². The Hall–Kier alpha value is 0.110. The van der Waals surface area contributed by atoms with Crippen molar-refractivity contribution >= 4 is 21.7 Å². The van der Waals surface area contributed by atoms with E-state index in [0.29, 0.717) is 22.4 Å². The molecule has 4 saturated carbocycles. The number of carbonyl (C=O) groups excluding carboxylic acids is 1. The molecule has 0 radical (unpaired) electrons. The van der Waals surface area contributed by atoms with Crippen LogP contribution in [-0.2, 0) is 4.79 Å². The van der Waals surface area contributed by atoms with Gasteiger partial charge >= 0.3 is 0 Å². The van der Waals surface area contributed by atoms with Crippen molar-refractivity contribution in [3.8, 4) is 0 Å². The molecular weight excluding hydrogens is 376 g/mol. The molecule has 0 aromatic carbocycles. The van der Waals surface area contributed by atoms with Gasteiger partial charge in [0.1, 0.15) is 5.78 Å². The van der Waals surface area contributed by atoms with Gasteiger partial charge in [-0.25, -0.2) is 0 Å². The molecular formula is C22H35BrO2. The number of aliphatic hydroxyl groups is 1. The molecule has 4 aliphatic rings. The maximum absolute atomic E-state index is 12.5. The smallest absolute Gasteiger partial charge is 0.147 e. The Kier molecular flexibility index (Phi) is 4.47. The van der Waals surface area contributed by atoms with Crippen LogP contribution in [0.4, 0.5) is 0 Å². The van der Waals surface area contributed by atoms with Crippen LogP contribution in [0.25, 0.3) is 0 Å². The molecule has 0 spiro atoms. The first-order valence-electron chi connectivity index (χ1n) is 10.5. The van der Waals surface area contributed by atoms with Gasteiger partial charge < -0.3 is 5.11 Å². The fourth-order valence-corrected chi connectivity index (χ4v) is 8.44. The largest absolute Gasteiger partial charge is 0.390 e. The van der Waals surface area contributed by atoms with Crippen LogP contribution < -0.4 is 0 Å². The molecule has 4 aliphatic carbocycles. The van der Waals surface area contributed by atoms with Gasteiger partial charge in [-0.15, -0.1) is 0 Å². The second-order valence-corrected chi connectivity index (χ2v) is 11.2. The first-order chi connectivity index (χ1) is 11.7. The molecule has 0 unspecified atom stereocenters. The summed E-state index contributed by atoms with van der Waals surface area (Å²) in [5, 5.41) is 11.1. The summed E-state index contributed by atoms with van der Waals surface area (Å²) in [6.07, 6.45) is 10.7. The van der Waals surface area contributed by atoms with Crippen LogP contribution in [0.2, 0.25) is 0 Å². The molecule has 2 nitrogen and oxygen atoms in total. The third-order valence-electron chi connectivity index (χ3n) is 9.47. The minimum Gasteiger partial charge on any atom is -0.390 e. The second-order valence-electron chi connectivity index (χ2n) is 10.6. The highest BCUT2D eigenvalue weighted by atomic mass is 79.9. The number of hydrogen-bond donors (Lipinski definition) is 1. The van der Waals surface area contributed by atoms with Crippen LogP contribution in [0.5, 0.6) is 0 Å². The lowest BCUT2D eigenvalue weighted by Gasteiger charge is -2.61. The van der Waals surface area contributed by atoms with Crippen molar-refractivity contribution in [1.29, 1.82) is 0 Å². The van der Waals surface area contributed by atoms with Gasteiger partial charge in [0.25, 0.3) is 0 Å². The molecule has 0 aromatic heterocycles. The molecule has 0 bridgehead atoms. The SMILES string of the molecule is C[C@@]1(O)CC[C@@]2(C)[C@H](CC[C@@H]3[C@@H]2CC[C@]2(C)[C@@H](C(=O)CBr)CC[C@@H]32)C1. The summed E-state index contributed by atoms with van der Waals surface area (Å²) >= 11 is 3.43. The number of ketones is 1. The average Bonchev–Trinajstić information content (AvgIpc) is 2.92. The molecule has 25 heavy (non-hydrogen) atoms. The first kappa shape index (κ1) is 18.5. The van der Waals surface area contributed by atoms with Crippen molar-refractivity contribution in [2.45, 2.75) is 84.2 Å². The minimum absolute atomic E-state index is 0.245. The number of alkyl halides is 1. The Balaban J connectivity index is 1.59. The lowest BCUT2D eigenvalue weighted by atomic mass is 9.44. The third kappa shape index (κ3) is 2.70. The van der Waals surface area contributed by atoms with Gasteiger partial charge in [-0.2, -0.15) is 0 Å². The van der Waals surface area contributed by atoms with E-state index in [2.05, 4.69) is 29.8 Å². The number of hydrogen-bond acceptors (Lipinski definition) is 2. The Labute approximate surface area is 161 Å². The molecule has 0 aromatic rings. The van der Waals surface area contributed by atoms with Crippen molar-refractivity contribution in [3.63, 3.8) is 0 Å². The second kappa shape index (κ2) is 6.06. The lowest BCUT2D eigenvalue weighted by Crippen LogP contribution is -2.55. The lowest BCUT2D eigenvalue weighted by molar-refractivity contribution is -0.150. The Morgan fingerprint density at radius 1 is 0.960 bits per heavy atom. The maximum Gasteiger partial charge on any atom is 0.147 e. The van der Waals surface area contributed by atoms with Crippen molar-refractivity contribution in [2.24, 2.45) is 40.4 Å². The molecule has 4 rings (SSSR count). The monoisotopic (exact) mass is 410 g/mol. The van der Waals surface area contributed by atoms with Crippen LogP contribution in [0, 0.1) is 40.4 Å². The third-order valence-corrected chi connectivity index (χ3v) is 10.0. The van der Waals surface area contributed by atoms with E-state index in [9.17, 15) is 9.90 Å². The zero-order valence-corrected chi connectivity index (χ0v) is 17.8. The zero-order valence-electron chi connectivity index (χ0n) is 16.2. The minimum atomic E-state index is -0.444. The van der Waals surface area contributed by atoms with Gasteiger partial charge in [-0.1, -0.05) is 29.8 Å². The highest BCUT2D eigenvalue weighted by molar-refractivity contribution is 9.09. The van der Waals surface area contributed by atoms with E-state index >= 15 is 0 Å². The van der Waals surface area contributed by atoms with Crippen LogP contribution in [0.15, 0.2) is 0 Å². The number of rotatable bonds is 2. The summed E-state index contributed by atoms with van der Waals surface area (Å²) in [7, 11) is 0. The highest BCUT2D eigenvalue weighted by Crippen LogP contribution is 2.68. The standard InChI is InChI=1S/C22H35BrO2/c1-20(25)10-11-21(2)14(12-20)4-5-15-16-6-7-18(19(24)13-23)22(16,3)9-8-17(15)21/h14-18,25H,4-13H2,1-3H3/t14-,15+,16+,17+,18-,20-,21+,22+/m1/s1. The summed E-state index contributed by atoms with van der Waals surface area (Å²) < 4.78 is 0. The molecule has 142 valence electrons. The maximum atomic E-state index is 12.5. The zero-order chi connectivity index (χ0) is 18.0. The van der Waals surface area contributed by atoms with Gasteiger partial charge in [-0.05, 0) is 99.2 Å². The van der Waals surface area contributed by atoms with E-state index in [1.54, 1.807) is 0 Å². The van der Waals surface area contributed by atoms with Gasteiger partial charge in [0, 0.05) is 5.92 Å². The topological polar surface area (TPSA) is 37.3 Å². The van der Waals surface area contributed by atoms with E-state index in [0.717, 1.165) is 37.0 Å². The molecule has 0 amide bonds. The van der Waals surface area contributed by atoms with Crippen molar-refractivity contribution < 1.29 is 9.90 Å². The van der Waals surface area contributed by atoms with Crippen LogP contribution in [0.1, 0.15) is 78.6 Å². The molecule has 0 heterocycles. The molecule has 3 heteroatoms. The van der Waals surface area contributed by atoms with E-state index < -0.39 is 5.60 Å². The molecule has 0 aliphatic heterocycles. The summed E-state index contributed by atoms with van der Waals surface area (Å²) in [5.41, 5.74) is 0.223. The van der Waals surface area contributed by atoms with Gasteiger partial charge in [0.2, 0.25) is 0 Å². The molecule has 8 atom stereocenters. The number of Topliss-reactive ketones (excluding diaryl/α,β-unsaturated/α-hetero) is 1. The number of carbonyl (C=O) groups is 1. The molecule has 1 N–H and O–H groups in total. The van der Waals surface area contributed by atoms with Crippen LogP contribution in [0.3, 0.4) is 0 Å². The summed E-state index contributed by atoms with van der Waals surface area (Å²) in [6, 6.07) is 0. The van der Waals surface area contributed by atoms with Gasteiger partial charge in [0.05, 0.1) is 10.9 Å². The van der Waals surface area contributed by atoms with E-state index in [1.807, 2.05) is 6.92 Å². The summed E-state index contributed by atoms with van der Waals surface area (Å²) in [5.74, 6) is 3.81. The van der Waals surface area contributed by atoms with Crippen molar-refractivity contribution in [3.05, 3.63) is 0 Å². The van der Waals surface area contributed by atoms with E-state index in [4.69, 9.17) is 0 Å². The predicted molar refractivity (Wildman–Crippen MR) is 105 cm³/mol. The van der Waals surface area contributed by atoms with Crippen molar-refractivity contribution in [2.75, 3.05) is 5.33 Å². The summed E-state index contributed by atoms with van der Waals surface area (Å²) in [4.78, 5) is 12.5.